The van der Waals surface area contributed by atoms with Crippen LogP contribution in [0.2, 0.25) is 0 Å². The van der Waals surface area contributed by atoms with E-state index in [4.69, 9.17) is 9.72 Å². The zero-order valence-electron chi connectivity index (χ0n) is 17.1. The molecule has 0 radical (unpaired) electrons. The number of piperidine rings is 1. The summed E-state index contributed by atoms with van der Waals surface area (Å²) in [6.07, 6.45) is 7.60. The summed E-state index contributed by atoms with van der Waals surface area (Å²) < 4.78 is 7.15. The fourth-order valence-electron chi connectivity index (χ4n) is 4.26. The van der Waals surface area contributed by atoms with E-state index in [-0.39, 0.29) is 18.0 Å². The van der Waals surface area contributed by atoms with Gasteiger partial charge in [-0.15, -0.1) is 0 Å². The number of rotatable bonds is 1. The van der Waals surface area contributed by atoms with E-state index in [2.05, 4.69) is 5.10 Å². The van der Waals surface area contributed by atoms with Crippen molar-refractivity contribution in [1.29, 1.82) is 0 Å². The third kappa shape index (κ3) is 3.66. The summed E-state index contributed by atoms with van der Waals surface area (Å²) in [4.78, 5) is 19.3. The van der Waals surface area contributed by atoms with Gasteiger partial charge in [-0.05, 0) is 65.7 Å². The quantitative estimate of drug-likeness (QED) is 0.744. The third-order valence-electron chi connectivity index (χ3n) is 5.59. The van der Waals surface area contributed by atoms with Crippen molar-refractivity contribution in [2.24, 2.45) is 0 Å². The number of aryl methyl sites for hydroxylation is 1. The number of amides is 1. The number of fused-ring (bicyclic) bond motifs is 2. The number of aromatic hydroxyl groups is 1. The molecule has 0 aromatic carbocycles. The molecule has 1 aliphatic heterocycles. The summed E-state index contributed by atoms with van der Waals surface area (Å²) in [7, 11) is 0. The van der Waals surface area contributed by atoms with E-state index in [0.29, 0.717) is 12.2 Å². The Morgan fingerprint density at radius 1 is 1.18 bits per heavy atom. The topological polar surface area (TPSA) is 80.0 Å². The van der Waals surface area contributed by atoms with Crippen molar-refractivity contribution in [3.8, 4) is 5.88 Å². The lowest BCUT2D eigenvalue weighted by molar-refractivity contribution is 0.00897. The van der Waals surface area contributed by atoms with Crippen molar-refractivity contribution in [3.63, 3.8) is 0 Å². The lowest BCUT2D eigenvalue weighted by Gasteiger charge is -2.35. The summed E-state index contributed by atoms with van der Waals surface area (Å²) in [6, 6.07) is 1.77. The van der Waals surface area contributed by atoms with Crippen LogP contribution in [0.5, 0.6) is 5.88 Å². The smallest absolute Gasteiger partial charge is 0.410 e. The molecule has 1 N–H and O–H groups in total. The minimum absolute atomic E-state index is 0.149. The number of hydrogen-bond donors (Lipinski definition) is 1. The first-order valence-corrected chi connectivity index (χ1v) is 10.4. The van der Waals surface area contributed by atoms with E-state index < -0.39 is 5.60 Å². The van der Waals surface area contributed by atoms with Gasteiger partial charge in [0.2, 0.25) is 5.88 Å². The highest BCUT2D eigenvalue weighted by atomic mass is 16.6. The normalized spacial score (nSPS) is 20.7. The molecule has 4 rings (SSSR count). The summed E-state index contributed by atoms with van der Waals surface area (Å²) >= 11 is 0. The maximum atomic E-state index is 12.7. The van der Waals surface area contributed by atoms with Crippen LogP contribution < -0.4 is 0 Å². The van der Waals surface area contributed by atoms with Crippen molar-refractivity contribution in [3.05, 3.63) is 23.0 Å². The van der Waals surface area contributed by atoms with Gasteiger partial charge in [-0.25, -0.2) is 9.78 Å². The van der Waals surface area contributed by atoms with Gasteiger partial charge in [0.05, 0.1) is 17.4 Å². The molecule has 152 valence electrons. The predicted octanol–water partition coefficient (Wildman–Crippen LogP) is 4.17. The van der Waals surface area contributed by atoms with Crippen molar-refractivity contribution in [2.45, 2.75) is 83.8 Å². The molecule has 0 bridgehead atoms. The number of hydrogen-bond acceptors (Lipinski definition) is 5. The first-order chi connectivity index (χ1) is 13.3. The largest absolute Gasteiger partial charge is 0.493 e. The highest BCUT2D eigenvalue weighted by Crippen LogP contribution is 2.34. The van der Waals surface area contributed by atoms with Crippen LogP contribution in [0.4, 0.5) is 4.79 Å². The van der Waals surface area contributed by atoms with Crippen LogP contribution in [0.3, 0.4) is 0 Å². The van der Waals surface area contributed by atoms with Crippen LogP contribution in [0.1, 0.15) is 82.3 Å². The number of nitrogens with zero attached hydrogens (tertiary/aromatic N) is 4. The average Bonchev–Trinajstić information content (AvgIpc) is 2.92. The van der Waals surface area contributed by atoms with Crippen molar-refractivity contribution >= 4 is 11.7 Å². The van der Waals surface area contributed by atoms with Crippen molar-refractivity contribution in [2.75, 3.05) is 6.54 Å². The summed E-state index contributed by atoms with van der Waals surface area (Å²) in [6.45, 7) is 6.29. The van der Waals surface area contributed by atoms with Crippen molar-refractivity contribution < 1.29 is 14.6 Å². The molecule has 2 aromatic heterocycles. The van der Waals surface area contributed by atoms with Gasteiger partial charge < -0.3 is 9.84 Å². The van der Waals surface area contributed by atoms with Crippen LogP contribution in [0.25, 0.3) is 5.65 Å². The predicted molar refractivity (Wildman–Crippen MR) is 105 cm³/mol. The molecule has 1 amide bonds. The minimum atomic E-state index is -0.532. The molecule has 7 heteroatoms. The number of likely N-dealkylation sites (tertiary alicyclic amines) is 1. The molecule has 1 aliphatic carbocycles. The van der Waals surface area contributed by atoms with E-state index in [9.17, 15) is 9.90 Å². The Labute approximate surface area is 165 Å². The molecule has 1 fully saturated rings. The Morgan fingerprint density at radius 3 is 2.75 bits per heavy atom. The van der Waals surface area contributed by atoms with Crippen molar-refractivity contribution in [1.82, 2.24) is 19.5 Å². The third-order valence-corrected chi connectivity index (χ3v) is 5.59. The first-order valence-electron chi connectivity index (χ1n) is 10.4. The molecule has 28 heavy (non-hydrogen) atoms. The van der Waals surface area contributed by atoms with Gasteiger partial charge in [0.15, 0.2) is 5.65 Å². The summed E-state index contributed by atoms with van der Waals surface area (Å²) in [5.41, 5.74) is 2.81. The highest BCUT2D eigenvalue weighted by molar-refractivity contribution is 5.69. The van der Waals surface area contributed by atoms with Gasteiger partial charge in [0.25, 0.3) is 0 Å². The number of carbonyl (C=O) groups excluding carboxylic acids is 1. The van der Waals surface area contributed by atoms with Crippen LogP contribution in [-0.4, -0.2) is 42.8 Å². The SMILES string of the molecule is CC(C)(C)OC(=O)N1CCCCC1c1cc2nc3c(c(O)n2n1)CCCCC3. The molecule has 2 aliphatic rings. The second-order valence-corrected chi connectivity index (χ2v) is 8.95. The van der Waals surface area contributed by atoms with Crippen LogP contribution >= 0.6 is 0 Å². The molecule has 7 nitrogen and oxygen atoms in total. The van der Waals surface area contributed by atoms with Crippen LogP contribution in [0, 0.1) is 0 Å². The fourth-order valence-corrected chi connectivity index (χ4v) is 4.26. The van der Waals surface area contributed by atoms with Gasteiger partial charge in [-0.3, -0.25) is 4.90 Å². The Balaban J connectivity index is 1.69. The maximum Gasteiger partial charge on any atom is 0.410 e. The number of carbonyl (C=O) groups is 1. The molecule has 2 aromatic rings. The second kappa shape index (κ2) is 7.26. The zero-order chi connectivity index (χ0) is 19.9. The lowest BCUT2D eigenvalue weighted by atomic mass is 10.00. The number of ether oxygens (including phenoxy) is 1. The van der Waals surface area contributed by atoms with E-state index in [1.54, 1.807) is 9.42 Å². The van der Waals surface area contributed by atoms with E-state index >= 15 is 0 Å². The molecule has 3 heterocycles. The molecule has 1 saturated heterocycles. The second-order valence-electron chi connectivity index (χ2n) is 8.95. The standard InChI is InChI=1S/C21H30N4O3/c1-21(2,3)28-20(27)24-12-8-7-11-17(24)16-13-18-22-15-10-6-4-5-9-14(15)19(26)25(18)23-16/h13,17,26H,4-12H2,1-3H3. The minimum Gasteiger partial charge on any atom is -0.493 e. The summed E-state index contributed by atoms with van der Waals surface area (Å²) in [5, 5.41) is 15.5. The molecule has 0 spiro atoms. The Hall–Kier alpha value is -2.31. The van der Waals surface area contributed by atoms with E-state index in [1.165, 1.54) is 0 Å². The van der Waals surface area contributed by atoms with Crippen LogP contribution in [-0.2, 0) is 17.6 Å². The van der Waals surface area contributed by atoms with E-state index in [1.807, 2.05) is 26.8 Å². The van der Waals surface area contributed by atoms with Gasteiger partial charge in [-0.1, -0.05) is 6.42 Å². The lowest BCUT2D eigenvalue weighted by Crippen LogP contribution is -2.42. The number of aromatic nitrogens is 3. The van der Waals surface area contributed by atoms with E-state index in [0.717, 1.165) is 68.3 Å². The maximum absolute atomic E-state index is 12.7. The Kier molecular flexibility index (Phi) is 4.93. The molecule has 0 saturated carbocycles. The Morgan fingerprint density at radius 2 is 1.96 bits per heavy atom. The van der Waals surface area contributed by atoms with Gasteiger partial charge in [0, 0.05) is 18.2 Å². The molecular formula is C21H30N4O3. The average molecular weight is 386 g/mol. The highest BCUT2D eigenvalue weighted by Gasteiger charge is 2.33. The molecule has 1 atom stereocenters. The Bertz CT molecular complexity index is 884. The monoisotopic (exact) mass is 386 g/mol. The van der Waals surface area contributed by atoms with Crippen LogP contribution in [0.15, 0.2) is 6.07 Å². The molecular weight excluding hydrogens is 356 g/mol. The zero-order valence-corrected chi connectivity index (χ0v) is 17.1. The molecule has 1 unspecified atom stereocenters. The fraction of sp³-hybridized carbons (Fsp3) is 0.667. The van der Waals surface area contributed by atoms with Gasteiger partial charge in [-0.2, -0.15) is 9.61 Å². The first kappa shape index (κ1) is 19.0. The van der Waals surface area contributed by atoms with Gasteiger partial charge >= 0.3 is 6.09 Å². The van der Waals surface area contributed by atoms with Gasteiger partial charge in [0.1, 0.15) is 5.60 Å². The summed E-state index contributed by atoms with van der Waals surface area (Å²) in [5.74, 6) is 0.202.